The van der Waals surface area contributed by atoms with Crippen LogP contribution in [0.5, 0.6) is 5.75 Å². The molecule has 2 aromatic heterocycles. The van der Waals surface area contributed by atoms with E-state index in [2.05, 4.69) is 44.5 Å². The molecule has 0 radical (unpaired) electrons. The average Bonchev–Trinajstić information content (AvgIpc) is 3.59. The van der Waals surface area contributed by atoms with E-state index in [0.29, 0.717) is 19.6 Å². The van der Waals surface area contributed by atoms with Gasteiger partial charge >= 0.3 is 0 Å². The van der Waals surface area contributed by atoms with Crippen molar-refractivity contribution in [1.29, 1.82) is 0 Å². The lowest BCUT2D eigenvalue weighted by Gasteiger charge is -2.20. The van der Waals surface area contributed by atoms with Crippen LogP contribution >= 0.6 is 0 Å². The molecule has 2 N–H and O–H groups in total. The predicted octanol–water partition coefficient (Wildman–Crippen LogP) is 5.66. The highest BCUT2D eigenvalue weighted by Crippen LogP contribution is 2.40. The zero-order valence-electron chi connectivity index (χ0n) is 22.2. The van der Waals surface area contributed by atoms with Gasteiger partial charge in [0, 0.05) is 31.7 Å². The lowest BCUT2D eigenvalue weighted by atomic mass is 9.99. The van der Waals surface area contributed by atoms with Crippen molar-refractivity contribution in [2.75, 3.05) is 38.2 Å². The van der Waals surface area contributed by atoms with Crippen molar-refractivity contribution in [2.24, 2.45) is 0 Å². The molecule has 8 nitrogen and oxygen atoms in total. The molecule has 2 fully saturated rings. The van der Waals surface area contributed by atoms with Gasteiger partial charge in [-0.25, -0.2) is 9.97 Å². The number of carbonyl (C=O) groups excluding carboxylic acids is 1. The van der Waals surface area contributed by atoms with Crippen molar-refractivity contribution in [3.8, 4) is 28.1 Å². The summed E-state index contributed by atoms with van der Waals surface area (Å²) in [5.41, 5.74) is 4.97. The normalized spacial score (nSPS) is 17.9. The summed E-state index contributed by atoms with van der Waals surface area (Å²) >= 11 is 0. The van der Waals surface area contributed by atoms with E-state index in [0.717, 1.165) is 96.8 Å². The van der Waals surface area contributed by atoms with Crippen LogP contribution in [0.4, 0.5) is 5.82 Å². The molecule has 0 bridgehead atoms. The number of H-pyrrole nitrogens is 1. The van der Waals surface area contributed by atoms with Gasteiger partial charge in [0.05, 0.1) is 23.7 Å². The topological polar surface area (TPSA) is 92.4 Å². The summed E-state index contributed by atoms with van der Waals surface area (Å²) in [7, 11) is 0. The molecule has 2 aliphatic heterocycles. The summed E-state index contributed by atoms with van der Waals surface area (Å²) in [6, 6.07) is 18.5. The highest BCUT2D eigenvalue weighted by atomic mass is 16.5. The van der Waals surface area contributed by atoms with Crippen molar-refractivity contribution < 1.29 is 14.3 Å². The Hall–Kier alpha value is -3.91. The molecule has 6 rings (SSSR count). The zero-order valence-corrected chi connectivity index (χ0v) is 22.2. The van der Waals surface area contributed by atoms with Crippen molar-refractivity contribution >= 4 is 22.8 Å². The number of likely N-dealkylation sites (tertiary alicyclic amines) is 1. The van der Waals surface area contributed by atoms with E-state index in [1.165, 1.54) is 0 Å². The van der Waals surface area contributed by atoms with Crippen LogP contribution < -0.4 is 10.1 Å². The molecule has 1 unspecified atom stereocenters. The van der Waals surface area contributed by atoms with Gasteiger partial charge in [-0.2, -0.15) is 0 Å². The van der Waals surface area contributed by atoms with Crippen LogP contribution in [-0.4, -0.2) is 64.7 Å². The van der Waals surface area contributed by atoms with E-state index in [9.17, 15) is 4.79 Å². The van der Waals surface area contributed by atoms with E-state index in [4.69, 9.17) is 9.47 Å². The van der Waals surface area contributed by atoms with Gasteiger partial charge in [-0.1, -0.05) is 36.8 Å². The van der Waals surface area contributed by atoms with Crippen LogP contribution in [0.1, 0.15) is 38.5 Å². The molecule has 8 heteroatoms. The van der Waals surface area contributed by atoms with Crippen LogP contribution in [0, 0.1) is 0 Å². The van der Waals surface area contributed by atoms with E-state index in [1.807, 2.05) is 35.2 Å². The van der Waals surface area contributed by atoms with Crippen molar-refractivity contribution in [2.45, 2.75) is 44.6 Å². The third-order valence-electron chi connectivity index (χ3n) is 7.62. The maximum absolute atomic E-state index is 12.3. The fourth-order valence-electron chi connectivity index (χ4n) is 5.55. The number of hydrogen-bond acceptors (Lipinski definition) is 6. The lowest BCUT2D eigenvalue weighted by molar-refractivity contribution is -0.131. The first kappa shape index (κ1) is 25.4. The van der Waals surface area contributed by atoms with Gasteiger partial charge in [0.25, 0.3) is 0 Å². The largest absolute Gasteiger partial charge is 0.492 e. The first-order valence-electron chi connectivity index (χ1n) is 14.0. The molecular weight excluding hydrogens is 490 g/mol. The van der Waals surface area contributed by atoms with E-state index in [1.54, 1.807) is 6.33 Å². The first-order chi connectivity index (χ1) is 19.3. The summed E-state index contributed by atoms with van der Waals surface area (Å²) < 4.78 is 11.8. The van der Waals surface area contributed by atoms with Gasteiger partial charge in [-0.15, -0.1) is 0 Å². The summed E-state index contributed by atoms with van der Waals surface area (Å²) in [5.74, 6) is 1.84. The maximum Gasteiger partial charge on any atom is 0.222 e. The van der Waals surface area contributed by atoms with Gasteiger partial charge in [-0.05, 0) is 61.1 Å². The number of rotatable bonds is 9. The molecule has 2 aliphatic rings. The molecule has 0 spiro atoms. The third-order valence-corrected chi connectivity index (χ3v) is 7.62. The predicted molar refractivity (Wildman–Crippen MR) is 153 cm³/mol. The Labute approximate surface area is 228 Å². The van der Waals surface area contributed by atoms with Crippen LogP contribution in [-0.2, 0) is 9.53 Å². The van der Waals surface area contributed by atoms with Crippen molar-refractivity contribution in [3.63, 3.8) is 0 Å². The highest BCUT2D eigenvalue weighted by molar-refractivity contribution is 6.07. The summed E-state index contributed by atoms with van der Waals surface area (Å²) in [5, 5.41) is 4.50. The monoisotopic (exact) mass is 525 g/mol. The summed E-state index contributed by atoms with van der Waals surface area (Å²) in [4.78, 5) is 26.9. The van der Waals surface area contributed by atoms with Crippen molar-refractivity contribution in [3.05, 3.63) is 60.9 Å². The molecule has 4 aromatic rings. The van der Waals surface area contributed by atoms with Crippen LogP contribution in [0.2, 0.25) is 0 Å². The number of carbonyl (C=O) groups is 1. The summed E-state index contributed by atoms with van der Waals surface area (Å²) in [6.07, 6.45) is 7.82. The lowest BCUT2D eigenvalue weighted by Crippen LogP contribution is -2.34. The Morgan fingerprint density at radius 1 is 1.00 bits per heavy atom. The molecule has 4 heterocycles. The molecule has 1 amide bonds. The minimum absolute atomic E-state index is 0.207. The minimum atomic E-state index is 0.207. The first-order valence-corrected chi connectivity index (χ1v) is 14.0. The third kappa shape index (κ3) is 5.76. The number of nitrogens with one attached hydrogen (secondary N) is 2. The van der Waals surface area contributed by atoms with E-state index in [-0.39, 0.29) is 12.0 Å². The Bertz CT molecular complexity index is 1400. The van der Waals surface area contributed by atoms with Crippen LogP contribution in [0.3, 0.4) is 0 Å². The number of fused-ring (bicyclic) bond motifs is 1. The molecule has 0 aliphatic carbocycles. The van der Waals surface area contributed by atoms with E-state index >= 15 is 0 Å². The number of hydrogen-bond donors (Lipinski definition) is 2. The quantitative estimate of drug-likeness (QED) is 0.293. The Morgan fingerprint density at radius 2 is 1.87 bits per heavy atom. The molecular formula is C31H35N5O3. The van der Waals surface area contributed by atoms with Gasteiger partial charge in [0.15, 0.2) is 0 Å². The summed E-state index contributed by atoms with van der Waals surface area (Å²) in [6.45, 7) is 3.49. The molecule has 0 saturated carbocycles. The smallest absolute Gasteiger partial charge is 0.222 e. The van der Waals surface area contributed by atoms with Gasteiger partial charge in [0.1, 0.15) is 30.1 Å². The average molecular weight is 526 g/mol. The molecule has 202 valence electrons. The molecule has 2 saturated heterocycles. The zero-order chi connectivity index (χ0) is 26.4. The number of nitrogens with zero attached hydrogens (tertiary/aromatic N) is 3. The number of amides is 1. The molecule has 1 atom stereocenters. The fraction of sp³-hybridized carbons (Fsp3) is 0.387. The maximum atomic E-state index is 12.3. The Morgan fingerprint density at radius 3 is 2.69 bits per heavy atom. The van der Waals surface area contributed by atoms with Crippen molar-refractivity contribution in [1.82, 2.24) is 19.9 Å². The van der Waals surface area contributed by atoms with Crippen LogP contribution in [0.15, 0.2) is 60.9 Å². The number of anilines is 1. The van der Waals surface area contributed by atoms with Gasteiger partial charge in [-0.3, -0.25) is 4.79 Å². The molecule has 39 heavy (non-hydrogen) atoms. The number of ether oxygens (including phenoxy) is 2. The van der Waals surface area contributed by atoms with Gasteiger partial charge in [0.2, 0.25) is 5.91 Å². The van der Waals surface area contributed by atoms with Gasteiger partial charge < -0.3 is 24.7 Å². The second-order valence-electron chi connectivity index (χ2n) is 10.3. The molecule has 2 aromatic carbocycles. The highest BCUT2D eigenvalue weighted by Gasteiger charge is 2.22. The second-order valence-corrected chi connectivity index (χ2v) is 10.3. The fourth-order valence-corrected chi connectivity index (χ4v) is 5.55. The minimum Gasteiger partial charge on any atom is -0.492 e. The van der Waals surface area contributed by atoms with Crippen LogP contribution in [0.25, 0.3) is 33.4 Å². The number of aromatic amines is 1. The second kappa shape index (κ2) is 11.9. The number of aromatic nitrogens is 3. The SMILES string of the molecule is O=C1CCCCCN1CCOc1ccc(-c2[nH]c3ncnc(NCC4CCCO4)c3c2-c2ccccc2)cc1. The Kier molecular flexibility index (Phi) is 7.72. The Balaban J connectivity index is 1.25. The standard InChI is InChI=1S/C31H35N5O3/c37-26-11-5-2-6-16-36(26)17-19-39-24-14-12-23(13-15-24)29-27(22-8-3-1-4-9-22)28-30(33-21-34-31(28)35-29)32-20-25-10-7-18-38-25/h1,3-4,8-9,12-15,21,25H,2,5-7,10-11,16-20H2,(H2,32,33,34,35). The number of benzene rings is 2. The van der Waals surface area contributed by atoms with E-state index < -0.39 is 0 Å².